The van der Waals surface area contributed by atoms with E-state index in [0.717, 1.165) is 0 Å². The molecular weight excluding hydrogens is 303 g/mol. The second kappa shape index (κ2) is 4.31. The van der Waals surface area contributed by atoms with Gasteiger partial charge in [0.05, 0.1) is 6.04 Å². The molecule has 4 rings (SSSR count). The molecular formula is C18H20F3NO. The van der Waals surface area contributed by atoms with Crippen LogP contribution >= 0.6 is 0 Å². The minimum Gasteiger partial charge on any atom is -0.339 e. The number of halogens is 3. The molecule has 23 heavy (non-hydrogen) atoms. The maximum absolute atomic E-state index is 14.0. The van der Waals surface area contributed by atoms with E-state index in [1.807, 2.05) is 0 Å². The van der Waals surface area contributed by atoms with E-state index >= 15 is 0 Å². The van der Waals surface area contributed by atoms with Crippen molar-refractivity contribution in [2.45, 2.75) is 44.6 Å². The highest BCUT2D eigenvalue weighted by Crippen LogP contribution is 2.93. The van der Waals surface area contributed by atoms with Gasteiger partial charge in [-0.05, 0) is 38.7 Å². The van der Waals surface area contributed by atoms with Gasteiger partial charge in [-0.1, -0.05) is 18.2 Å². The Hall–Kier alpha value is -1.52. The molecule has 0 saturated heterocycles. The Morgan fingerprint density at radius 1 is 1.22 bits per heavy atom. The molecule has 1 atom stereocenters. The Morgan fingerprint density at radius 2 is 1.83 bits per heavy atom. The summed E-state index contributed by atoms with van der Waals surface area (Å²) in [6, 6.07) is 5.94. The molecule has 0 N–H and O–H groups in total. The second-order valence-corrected chi connectivity index (χ2v) is 7.49. The van der Waals surface area contributed by atoms with E-state index in [4.69, 9.17) is 0 Å². The number of hydrogen-bond donors (Lipinski definition) is 0. The molecule has 124 valence electrons. The summed E-state index contributed by atoms with van der Waals surface area (Å²) in [6.07, 6.45) is 1.77. The van der Waals surface area contributed by atoms with Gasteiger partial charge in [-0.15, -0.1) is 0 Å². The van der Waals surface area contributed by atoms with Gasteiger partial charge in [0, 0.05) is 29.4 Å². The highest BCUT2D eigenvalue weighted by atomic mass is 19.3. The van der Waals surface area contributed by atoms with E-state index in [1.54, 1.807) is 32.2 Å². The molecule has 2 spiro atoms. The first-order valence-electron chi connectivity index (χ1n) is 8.16. The van der Waals surface area contributed by atoms with E-state index in [1.165, 1.54) is 11.0 Å². The molecule has 3 aliphatic rings. The van der Waals surface area contributed by atoms with Crippen LogP contribution in [0.2, 0.25) is 0 Å². The first kappa shape index (κ1) is 15.0. The lowest BCUT2D eigenvalue weighted by Crippen LogP contribution is -2.44. The Morgan fingerprint density at radius 3 is 2.35 bits per heavy atom. The van der Waals surface area contributed by atoms with Crippen molar-refractivity contribution in [3.8, 4) is 0 Å². The SMILES string of the molecule is CC(c1ccccc1F)N(C)C(=O)C1CC2(C1)C(F)(F)C21CC1. The summed E-state index contributed by atoms with van der Waals surface area (Å²) in [5.41, 5.74) is -1.22. The number of rotatable bonds is 3. The number of amides is 1. The normalized spacial score (nSPS) is 33.2. The Labute approximate surface area is 133 Å². The molecule has 1 aromatic carbocycles. The third-order valence-corrected chi connectivity index (χ3v) is 6.63. The number of benzene rings is 1. The predicted octanol–water partition coefficient (Wildman–Crippen LogP) is 4.17. The van der Waals surface area contributed by atoms with Gasteiger partial charge in [0.1, 0.15) is 5.82 Å². The van der Waals surface area contributed by atoms with Gasteiger partial charge in [-0.2, -0.15) is 0 Å². The van der Waals surface area contributed by atoms with Gasteiger partial charge in [0.25, 0.3) is 5.92 Å². The van der Waals surface area contributed by atoms with Crippen molar-refractivity contribution >= 4 is 5.91 Å². The summed E-state index contributed by atoms with van der Waals surface area (Å²) >= 11 is 0. The van der Waals surface area contributed by atoms with Crippen LogP contribution in [0.5, 0.6) is 0 Å². The maximum Gasteiger partial charge on any atom is 0.260 e. The third-order valence-electron chi connectivity index (χ3n) is 6.63. The first-order valence-corrected chi connectivity index (χ1v) is 8.16. The Balaban J connectivity index is 1.44. The molecule has 0 bridgehead atoms. The third kappa shape index (κ3) is 1.63. The van der Waals surface area contributed by atoms with Crippen molar-refractivity contribution in [3.63, 3.8) is 0 Å². The number of carbonyl (C=O) groups is 1. The van der Waals surface area contributed by atoms with Crippen LogP contribution in [0.25, 0.3) is 0 Å². The number of alkyl halides is 2. The zero-order valence-corrected chi connectivity index (χ0v) is 13.3. The Kier molecular flexibility index (Phi) is 2.82. The van der Waals surface area contributed by atoms with Crippen molar-refractivity contribution in [2.75, 3.05) is 7.05 Å². The average molecular weight is 323 g/mol. The molecule has 3 fully saturated rings. The number of carbonyl (C=O) groups excluding carboxylic acids is 1. The lowest BCUT2D eigenvalue weighted by Gasteiger charge is -2.39. The van der Waals surface area contributed by atoms with E-state index in [-0.39, 0.29) is 30.5 Å². The van der Waals surface area contributed by atoms with Crippen LogP contribution < -0.4 is 0 Å². The smallest absolute Gasteiger partial charge is 0.260 e. The van der Waals surface area contributed by atoms with E-state index < -0.39 is 22.8 Å². The molecule has 1 aromatic rings. The number of fused-ring (bicyclic) bond motifs is 1. The van der Waals surface area contributed by atoms with Gasteiger partial charge >= 0.3 is 0 Å². The van der Waals surface area contributed by atoms with Crippen molar-refractivity contribution in [1.82, 2.24) is 4.90 Å². The van der Waals surface area contributed by atoms with Crippen LogP contribution in [-0.4, -0.2) is 23.8 Å². The van der Waals surface area contributed by atoms with Crippen LogP contribution in [0.1, 0.15) is 44.2 Å². The van der Waals surface area contributed by atoms with Crippen LogP contribution in [0.3, 0.4) is 0 Å². The Bertz CT molecular complexity index is 671. The van der Waals surface area contributed by atoms with Crippen molar-refractivity contribution in [2.24, 2.45) is 16.7 Å². The molecule has 3 saturated carbocycles. The van der Waals surface area contributed by atoms with E-state index in [0.29, 0.717) is 18.4 Å². The van der Waals surface area contributed by atoms with Gasteiger partial charge in [-0.25, -0.2) is 13.2 Å². The zero-order chi connectivity index (χ0) is 16.6. The van der Waals surface area contributed by atoms with Crippen LogP contribution in [-0.2, 0) is 4.79 Å². The van der Waals surface area contributed by atoms with Crippen LogP contribution in [0, 0.1) is 22.6 Å². The zero-order valence-electron chi connectivity index (χ0n) is 13.3. The van der Waals surface area contributed by atoms with Crippen LogP contribution in [0.4, 0.5) is 13.2 Å². The summed E-state index contributed by atoms with van der Waals surface area (Å²) in [5, 5.41) is 0. The molecule has 0 radical (unpaired) electrons. The molecule has 1 amide bonds. The fourth-order valence-electron chi connectivity index (χ4n) is 4.76. The van der Waals surface area contributed by atoms with Gasteiger partial charge in [0.15, 0.2) is 0 Å². The number of nitrogens with zero attached hydrogens (tertiary/aromatic N) is 1. The average Bonchev–Trinajstić information content (AvgIpc) is 3.33. The fraction of sp³-hybridized carbons (Fsp3) is 0.611. The molecule has 2 nitrogen and oxygen atoms in total. The second-order valence-electron chi connectivity index (χ2n) is 7.49. The summed E-state index contributed by atoms with van der Waals surface area (Å²) in [6.45, 7) is 1.76. The molecule has 0 heterocycles. The summed E-state index contributed by atoms with van der Waals surface area (Å²) in [5.74, 6) is -3.42. The summed E-state index contributed by atoms with van der Waals surface area (Å²) in [4.78, 5) is 14.1. The highest BCUT2D eigenvalue weighted by molar-refractivity contribution is 5.81. The lowest BCUT2D eigenvalue weighted by molar-refractivity contribution is -0.143. The molecule has 0 aliphatic heterocycles. The quantitative estimate of drug-likeness (QED) is 0.817. The number of hydrogen-bond acceptors (Lipinski definition) is 1. The summed E-state index contributed by atoms with van der Waals surface area (Å²) in [7, 11) is 1.63. The molecule has 5 heteroatoms. The minimum atomic E-state index is -2.58. The van der Waals surface area contributed by atoms with E-state index in [2.05, 4.69) is 0 Å². The molecule has 3 aliphatic carbocycles. The minimum absolute atomic E-state index is 0.148. The molecule has 0 aromatic heterocycles. The first-order chi connectivity index (χ1) is 10.8. The predicted molar refractivity (Wildman–Crippen MR) is 79.4 cm³/mol. The van der Waals surface area contributed by atoms with E-state index in [9.17, 15) is 18.0 Å². The van der Waals surface area contributed by atoms with Crippen molar-refractivity contribution in [3.05, 3.63) is 35.6 Å². The van der Waals surface area contributed by atoms with Crippen molar-refractivity contribution < 1.29 is 18.0 Å². The lowest BCUT2D eigenvalue weighted by atomic mass is 9.68. The highest BCUT2D eigenvalue weighted by Gasteiger charge is 2.97. The van der Waals surface area contributed by atoms with Crippen molar-refractivity contribution in [1.29, 1.82) is 0 Å². The maximum atomic E-state index is 14.0. The largest absolute Gasteiger partial charge is 0.339 e. The standard InChI is InChI=1S/C18H20F3NO/c1-11(13-5-3-4-6-14(13)19)22(2)15(23)12-9-17(10-12)16(7-8-16)18(17,20)21/h3-6,11-12H,7-10H2,1-2H3. The molecule has 1 unspecified atom stereocenters. The van der Waals surface area contributed by atoms with Gasteiger partial charge in [-0.3, -0.25) is 4.79 Å². The van der Waals surface area contributed by atoms with Crippen LogP contribution in [0.15, 0.2) is 24.3 Å². The monoisotopic (exact) mass is 323 g/mol. The van der Waals surface area contributed by atoms with Gasteiger partial charge < -0.3 is 4.90 Å². The topological polar surface area (TPSA) is 20.3 Å². The summed E-state index contributed by atoms with van der Waals surface area (Å²) < 4.78 is 41.9. The fourth-order valence-corrected chi connectivity index (χ4v) is 4.76. The van der Waals surface area contributed by atoms with Gasteiger partial charge in [0.2, 0.25) is 5.91 Å².